The number of hydrogen-bond donors (Lipinski definition) is 3. The number of hydrazine groups is 1. The second kappa shape index (κ2) is 4.96. The van der Waals surface area contributed by atoms with E-state index in [1.54, 1.807) is 12.4 Å². The zero-order valence-electron chi connectivity index (χ0n) is 9.47. The molecular formula is C10H16N6O. The maximum Gasteiger partial charge on any atom is 0.220 e. The number of amides is 1. The van der Waals surface area contributed by atoms with E-state index in [1.807, 2.05) is 0 Å². The van der Waals surface area contributed by atoms with Gasteiger partial charge in [-0.3, -0.25) is 9.78 Å². The van der Waals surface area contributed by atoms with Crippen molar-refractivity contribution in [3.63, 3.8) is 0 Å². The summed E-state index contributed by atoms with van der Waals surface area (Å²) < 4.78 is 0. The summed E-state index contributed by atoms with van der Waals surface area (Å²) in [6, 6.07) is 0. The van der Waals surface area contributed by atoms with E-state index in [0.29, 0.717) is 5.82 Å². The molecule has 1 amide bonds. The van der Waals surface area contributed by atoms with Gasteiger partial charge in [-0.15, -0.1) is 0 Å². The molecule has 1 saturated heterocycles. The lowest BCUT2D eigenvalue weighted by Gasteiger charge is -2.31. The number of primary amides is 1. The van der Waals surface area contributed by atoms with E-state index < -0.39 is 0 Å². The molecule has 7 nitrogen and oxygen atoms in total. The van der Waals surface area contributed by atoms with Gasteiger partial charge >= 0.3 is 0 Å². The zero-order valence-corrected chi connectivity index (χ0v) is 9.47. The fourth-order valence-corrected chi connectivity index (χ4v) is 1.97. The second-order valence-electron chi connectivity index (χ2n) is 4.07. The van der Waals surface area contributed by atoms with Crippen molar-refractivity contribution in [2.45, 2.75) is 12.8 Å². The van der Waals surface area contributed by atoms with E-state index in [-0.39, 0.29) is 11.8 Å². The number of aromatic nitrogens is 2. The van der Waals surface area contributed by atoms with Crippen molar-refractivity contribution in [3.8, 4) is 0 Å². The molecule has 1 aromatic heterocycles. The number of nitrogens with zero attached hydrogens (tertiary/aromatic N) is 3. The first-order valence-electron chi connectivity index (χ1n) is 5.53. The van der Waals surface area contributed by atoms with Crippen LogP contribution in [-0.4, -0.2) is 29.0 Å². The fraction of sp³-hybridized carbons (Fsp3) is 0.500. The number of nitrogens with two attached hydrogens (primary N) is 2. The molecule has 0 saturated carbocycles. The fourth-order valence-electron chi connectivity index (χ4n) is 1.97. The van der Waals surface area contributed by atoms with Gasteiger partial charge in [0, 0.05) is 19.0 Å². The highest BCUT2D eigenvalue weighted by Gasteiger charge is 2.23. The van der Waals surface area contributed by atoms with Gasteiger partial charge in [-0.1, -0.05) is 0 Å². The average Bonchev–Trinajstić information content (AvgIpc) is 2.39. The van der Waals surface area contributed by atoms with E-state index in [0.717, 1.165) is 31.7 Å². The van der Waals surface area contributed by atoms with Gasteiger partial charge in [-0.05, 0) is 12.8 Å². The summed E-state index contributed by atoms with van der Waals surface area (Å²) in [4.78, 5) is 21.5. The van der Waals surface area contributed by atoms with Crippen LogP contribution >= 0.6 is 0 Å². The second-order valence-corrected chi connectivity index (χ2v) is 4.07. The first kappa shape index (κ1) is 11.6. The van der Waals surface area contributed by atoms with E-state index in [9.17, 15) is 4.79 Å². The van der Waals surface area contributed by atoms with Crippen LogP contribution in [0.15, 0.2) is 12.4 Å². The smallest absolute Gasteiger partial charge is 0.220 e. The van der Waals surface area contributed by atoms with Gasteiger partial charge in [-0.25, -0.2) is 10.8 Å². The molecule has 0 spiro atoms. The summed E-state index contributed by atoms with van der Waals surface area (Å²) in [5, 5.41) is 0. The highest BCUT2D eigenvalue weighted by molar-refractivity contribution is 5.76. The van der Waals surface area contributed by atoms with Crippen LogP contribution in [0, 0.1) is 5.92 Å². The van der Waals surface area contributed by atoms with Gasteiger partial charge in [0.05, 0.1) is 12.4 Å². The van der Waals surface area contributed by atoms with Crippen LogP contribution in [-0.2, 0) is 4.79 Å². The Kier molecular flexibility index (Phi) is 3.38. The monoisotopic (exact) mass is 236 g/mol. The summed E-state index contributed by atoms with van der Waals surface area (Å²) in [7, 11) is 0. The van der Waals surface area contributed by atoms with Crippen LogP contribution in [0.3, 0.4) is 0 Å². The number of nitrogen functional groups attached to an aromatic ring is 1. The molecule has 1 aliphatic heterocycles. The van der Waals surface area contributed by atoms with Gasteiger partial charge < -0.3 is 16.1 Å². The SMILES string of the molecule is NNc1cncc(N2CCC(C(N)=O)CC2)n1. The molecule has 2 rings (SSSR count). The van der Waals surface area contributed by atoms with Gasteiger partial charge in [0.1, 0.15) is 5.82 Å². The Labute approximate surface area is 99.2 Å². The molecule has 0 unspecified atom stereocenters. The van der Waals surface area contributed by atoms with Gasteiger partial charge in [0.15, 0.2) is 5.82 Å². The van der Waals surface area contributed by atoms with E-state index in [2.05, 4.69) is 20.3 Å². The predicted molar refractivity (Wildman–Crippen MR) is 64.0 cm³/mol. The Morgan fingerprint density at radius 3 is 2.71 bits per heavy atom. The minimum atomic E-state index is -0.215. The molecule has 2 heterocycles. The minimum absolute atomic E-state index is 0.0185. The lowest BCUT2D eigenvalue weighted by Crippen LogP contribution is -2.39. The standard InChI is InChI=1S/C10H16N6O/c11-10(17)7-1-3-16(4-2-7)9-6-13-5-8(14-9)15-12/h5-7H,1-4,12H2,(H2,11,17)(H,14,15). The Hall–Kier alpha value is -1.89. The third-order valence-corrected chi connectivity index (χ3v) is 2.99. The van der Waals surface area contributed by atoms with Crippen LogP contribution in [0.5, 0.6) is 0 Å². The molecule has 0 aliphatic carbocycles. The highest BCUT2D eigenvalue weighted by atomic mass is 16.1. The van der Waals surface area contributed by atoms with Crippen molar-refractivity contribution in [3.05, 3.63) is 12.4 Å². The first-order valence-corrected chi connectivity index (χ1v) is 5.53. The maximum absolute atomic E-state index is 11.0. The molecule has 0 aromatic carbocycles. The van der Waals surface area contributed by atoms with E-state index in [4.69, 9.17) is 11.6 Å². The maximum atomic E-state index is 11.0. The largest absolute Gasteiger partial charge is 0.369 e. The quantitative estimate of drug-likeness (QED) is 0.480. The molecular weight excluding hydrogens is 220 g/mol. The van der Waals surface area contributed by atoms with Crippen LogP contribution in [0.1, 0.15) is 12.8 Å². The first-order chi connectivity index (χ1) is 8.20. The molecule has 5 N–H and O–H groups in total. The van der Waals surface area contributed by atoms with Gasteiger partial charge in [-0.2, -0.15) is 0 Å². The number of anilines is 2. The Morgan fingerprint density at radius 1 is 1.41 bits per heavy atom. The molecule has 1 aliphatic rings. The van der Waals surface area contributed by atoms with Crippen LogP contribution < -0.4 is 21.9 Å². The average molecular weight is 236 g/mol. The number of carbonyl (C=O) groups is 1. The van der Waals surface area contributed by atoms with E-state index >= 15 is 0 Å². The number of nitrogens with one attached hydrogen (secondary N) is 1. The zero-order chi connectivity index (χ0) is 12.3. The minimum Gasteiger partial charge on any atom is -0.369 e. The molecule has 0 bridgehead atoms. The third kappa shape index (κ3) is 2.62. The molecule has 1 fully saturated rings. The van der Waals surface area contributed by atoms with Crippen molar-refractivity contribution in [2.24, 2.45) is 17.5 Å². The van der Waals surface area contributed by atoms with Crippen molar-refractivity contribution in [1.29, 1.82) is 0 Å². The van der Waals surface area contributed by atoms with Crippen molar-refractivity contribution >= 4 is 17.5 Å². The summed E-state index contributed by atoms with van der Waals surface area (Å²) in [5.74, 6) is 6.34. The number of piperidine rings is 1. The van der Waals surface area contributed by atoms with Crippen LogP contribution in [0.4, 0.5) is 11.6 Å². The molecule has 7 heteroatoms. The summed E-state index contributed by atoms with van der Waals surface area (Å²) in [5.41, 5.74) is 7.74. The Bertz CT molecular complexity index is 402. The normalized spacial score (nSPS) is 16.9. The topological polar surface area (TPSA) is 110 Å². The van der Waals surface area contributed by atoms with Crippen molar-refractivity contribution in [2.75, 3.05) is 23.4 Å². The Morgan fingerprint density at radius 2 is 2.12 bits per heavy atom. The van der Waals surface area contributed by atoms with Crippen LogP contribution in [0.25, 0.3) is 0 Å². The van der Waals surface area contributed by atoms with Gasteiger partial charge in [0.25, 0.3) is 0 Å². The molecule has 0 atom stereocenters. The number of hydrogen-bond acceptors (Lipinski definition) is 6. The summed E-state index contributed by atoms with van der Waals surface area (Å²) in [6.07, 6.45) is 4.76. The lowest BCUT2D eigenvalue weighted by atomic mass is 9.96. The number of rotatable bonds is 3. The van der Waals surface area contributed by atoms with Crippen LogP contribution in [0.2, 0.25) is 0 Å². The van der Waals surface area contributed by atoms with Crippen molar-refractivity contribution in [1.82, 2.24) is 9.97 Å². The molecule has 0 radical (unpaired) electrons. The molecule has 1 aromatic rings. The molecule has 17 heavy (non-hydrogen) atoms. The third-order valence-electron chi connectivity index (χ3n) is 2.99. The Balaban J connectivity index is 2.02. The van der Waals surface area contributed by atoms with E-state index in [1.165, 1.54) is 0 Å². The lowest BCUT2D eigenvalue weighted by molar-refractivity contribution is -0.122. The van der Waals surface area contributed by atoms with Gasteiger partial charge in [0.2, 0.25) is 5.91 Å². The van der Waals surface area contributed by atoms with Crippen molar-refractivity contribution < 1.29 is 4.79 Å². The summed E-state index contributed by atoms with van der Waals surface area (Å²) >= 11 is 0. The predicted octanol–water partition coefficient (Wildman–Crippen LogP) is -0.536. The highest BCUT2D eigenvalue weighted by Crippen LogP contribution is 2.21. The number of carbonyl (C=O) groups excluding carboxylic acids is 1. The molecule has 92 valence electrons. The summed E-state index contributed by atoms with van der Waals surface area (Å²) in [6.45, 7) is 1.52.